The second-order valence-electron chi connectivity index (χ2n) is 15.4. The van der Waals surface area contributed by atoms with Crippen molar-refractivity contribution in [3.8, 4) is 33.9 Å². The molecule has 3 aliphatic rings. The molecule has 0 bridgehead atoms. The molecule has 0 saturated carbocycles. The van der Waals surface area contributed by atoms with E-state index >= 15 is 0 Å². The van der Waals surface area contributed by atoms with E-state index < -0.39 is 0 Å². The van der Waals surface area contributed by atoms with Crippen molar-refractivity contribution in [3.05, 3.63) is 163 Å². The Morgan fingerprint density at radius 3 is 2.06 bits per heavy atom. The van der Waals surface area contributed by atoms with E-state index in [1.54, 1.807) is 0 Å². The summed E-state index contributed by atoms with van der Waals surface area (Å²) in [7, 11) is 0. The van der Waals surface area contributed by atoms with Crippen molar-refractivity contribution in [2.24, 2.45) is 0 Å². The van der Waals surface area contributed by atoms with Crippen LogP contribution < -0.4 is 30.9 Å². The molecule has 0 fully saturated rings. The summed E-state index contributed by atoms with van der Waals surface area (Å²) in [6.07, 6.45) is 0. The van der Waals surface area contributed by atoms with Gasteiger partial charge in [0.2, 0.25) is 0 Å². The number of hydrogen-bond acceptors (Lipinski definition) is 4. The number of anilines is 6. The summed E-state index contributed by atoms with van der Waals surface area (Å²) in [4.78, 5) is 4.93. The van der Waals surface area contributed by atoms with Crippen molar-refractivity contribution in [2.75, 3.05) is 9.80 Å². The molecule has 11 rings (SSSR count). The zero-order valence-corrected chi connectivity index (χ0v) is 29.8. The Morgan fingerprint density at radius 2 is 1.25 bits per heavy atom. The highest BCUT2D eigenvalue weighted by molar-refractivity contribution is 7.00. The minimum atomic E-state index is -0.0206. The predicted molar refractivity (Wildman–Crippen MR) is 220 cm³/mol. The lowest BCUT2D eigenvalue weighted by molar-refractivity contribution is 0.477. The number of nitrogens with zero attached hydrogens (tertiary/aromatic N) is 2. The SMILES string of the molecule is CC(C)(C)c1ccc2c(c1)B1c3cccc4c3N(c3ccccc3O4)c3cc(-c4ccccc4)cc(c31)N2c1ccc(-c2cc3ccccc3o2)cc1. The molecule has 0 saturated heterocycles. The summed E-state index contributed by atoms with van der Waals surface area (Å²) < 4.78 is 12.9. The van der Waals surface area contributed by atoms with Gasteiger partial charge in [-0.2, -0.15) is 0 Å². The zero-order valence-electron chi connectivity index (χ0n) is 29.8. The van der Waals surface area contributed by atoms with Gasteiger partial charge in [-0.3, -0.25) is 0 Å². The molecule has 0 unspecified atom stereocenters. The van der Waals surface area contributed by atoms with Gasteiger partial charge in [0.15, 0.2) is 11.5 Å². The average molecular weight is 683 g/mol. The van der Waals surface area contributed by atoms with Crippen LogP contribution >= 0.6 is 0 Å². The van der Waals surface area contributed by atoms with Gasteiger partial charge < -0.3 is 19.0 Å². The van der Waals surface area contributed by atoms with Crippen LogP contribution in [0.25, 0.3) is 33.4 Å². The maximum absolute atomic E-state index is 6.66. The molecular formula is C48H35BN2O2. The first-order chi connectivity index (χ1) is 25.9. The van der Waals surface area contributed by atoms with Crippen molar-refractivity contribution >= 4 is 68.2 Å². The van der Waals surface area contributed by atoms with E-state index in [1.165, 1.54) is 50.1 Å². The number of ether oxygens (including phenoxy) is 1. The number of fused-ring (bicyclic) bond motifs is 7. The third-order valence-corrected chi connectivity index (χ3v) is 11.2. The topological polar surface area (TPSA) is 28.9 Å². The van der Waals surface area contributed by atoms with Crippen molar-refractivity contribution < 1.29 is 9.15 Å². The monoisotopic (exact) mass is 682 g/mol. The maximum atomic E-state index is 6.66. The summed E-state index contributed by atoms with van der Waals surface area (Å²) in [6.45, 7) is 6.91. The molecule has 0 spiro atoms. The second-order valence-corrected chi connectivity index (χ2v) is 15.4. The highest BCUT2D eigenvalue weighted by atomic mass is 16.5. The molecule has 0 atom stereocenters. The molecule has 0 radical (unpaired) electrons. The van der Waals surface area contributed by atoms with Crippen molar-refractivity contribution in [3.63, 3.8) is 0 Å². The second kappa shape index (κ2) is 11.0. The van der Waals surface area contributed by atoms with E-state index in [9.17, 15) is 0 Å². The molecule has 7 aromatic carbocycles. The lowest BCUT2D eigenvalue weighted by atomic mass is 9.33. The quantitative estimate of drug-likeness (QED) is 0.174. The third kappa shape index (κ3) is 4.50. The zero-order chi connectivity index (χ0) is 35.4. The van der Waals surface area contributed by atoms with Crippen LogP contribution in [0.3, 0.4) is 0 Å². The van der Waals surface area contributed by atoms with Crippen molar-refractivity contribution in [1.29, 1.82) is 0 Å². The smallest absolute Gasteiger partial charge is 0.252 e. The number of furan rings is 1. The van der Waals surface area contributed by atoms with E-state index in [1.807, 2.05) is 12.1 Å². The van der Waals surface area contributed by atoms with Crippen LogP contribution in [0.1, 0.15) is 26.3 Å². The van der Waals surface area contributed by atoms with E-state index in [0.29, 0.717) is 0 Å². The van der Waals surface area contributed by atoms with Gasteiger partial charge in [-0.25, -0.2) is 0 Å². The lowest BCUT2D eigenvalue weighted by Gasteiger charge is -2.46. The van der Waals surface area contributed by atoms with E-state index in [-0.39, 0.29) is 12.1 Å². The minimum absolute atomic E-state index is 0.00765. The lowest BCUT2D eigenvalue weighted by Crippen LogP contribution is -2.61. The van der Waals surface area contributed by atoms with E-state index in [2.05, 4.69) is 176 Å². The summed E-state index contributed by atoms with van der Waals surface area (Å²) >= 11 is 0. The van der Waals surface area contributed by atoms with Crippen molar-refractivity contribution in [1.82, 2.24) is 0 Å². The molecule has 0 amide bonds. The number of hydrogen-bond donors (Lipinski definition) is 0. The minimum Gasteiger partial charge on any atom is -0.456 e. The molecule has 252 valence electrons. The fourth-order valence-corrected chi connectivity index (χ4v) is 8.64. The Labute approximate surface area is 309 Å². The first kappa shape index (κ1) is 30.2. The van der Waals surface area contributed by atoms with Crippen LogP contribution in [0.2, 0.25) is 0 Å². The average Bonchev–Trinajstić information content (AvgIpc) is 3.63. The molecular weight excluding hydrogens is 647 g/mol. The van der Waals surface area contributed by atoms with Crippen LogP contribution in [0.15, 0.2) is 162 Å². The molecule has 3 aliphatic heterocycles. The molecule has 0 aliphatic carbocycles. The Bertz CT molecular complexity index is 2730. The normalized spacial score (nSPS) is 13.6. The van der Waals surface area contributed by atoms with Gasteiger partial charge in [0.1, 0.15) is 11.3 Å². The van der Waals surface area contributed by atoms with Gasteiger partial charge in [-0.1, -0.05) is 106 Å². The van der Waals surface area contributed by atoms with Crippen LogP contribution in [0, 0.1) is 0 Å². The number of benzene rings is 7. The highest BCUT2D eigenvalue weighted by Crippen LogP contribution is 2.53. The van der Waals surface area contributed by atoms with Gasteiger partial charge in [0.05, 0.1) is 11.4 Å². The Kier molecular flexibility index (Phi) is 6.28. The predicted octanol–water partition coefficient (Wildman–Crippen LogP) is 11.3. The summed E-state index contributed by atoms with van der Waals surface area (Å²) in [5, 5.41) is 1.11. The maximum Gasteiger partial charge on any atom is 0.252 e. The first-order valence-corrected chi connectivity index (χ1v) is 18.4. The molecule has 4 heterocycles. The third-order valence-electron chi connectivity index (χ3n) is 11.2. The molecule has 4 nitrogen and oxygen atoms in total. The van der Waals surface area contributed by atoms with Gasteiger partial charge in [-0.05, 0) is 111 Å². The molecule has 1 aromatic heterocycles. The van der Waals surface area contributed by atoms with Crippen LogP contribution in [-0.4, -0.2) is 6.71 Å². The molecule has 5 heteroatoms. The standard InChI is InChI=1S/C48H35BN2O2/c1-48(2,3)34-22-25-38-37(29-34)49-36-15-11-19-44-47(36)51(39-16-8-10-18-43(39)53-44)41-27-33(30-12-5-4-6-13-30)26-40(46(41)49)50(38)35-23-20-31(21-24-35)45-28-32-14-7-9-17-42(32)52-45/h4-29H,1-3H3. The largest absolute Gasteiger partial charge is 0.456 e. The Balaban J connectivity index is 1.20. The fourth-order valence-electron chi connectivity index (χ4n) is 8.64. The number of para-hydroxylation sites is 4. The molecule has 0 N–H and O–H groups in total. The first-order valence-electron chi connectivity index (χ1n) is 18.4. The Hall–Kier alpha value is -6.46. The van der Waals surface area contributed by atoms with Gasteiger partial charge >= 0.3 is 0 Å². The van der Waals surface area contributed by atoms with E-state index in [4.69, 9.17) is 9.15 Å². The van der Waals surface area contributed by atoms with Crippen LogP contribution in [0.5, 0.6) is 11.5 Å². The van der Waals surface area contributed by atoms with Gasteiger partial charge in [0, 0.05) is 33.7 Å². The summed E-state index contributed by atoms with van der Waals surface area (Å²) in [6, 6.07) is 56.8. The number of rotatable bonds is 3. The van der Waals surface area contributed by atoms with E-state index in [0.717, 1.165) is 50.9 Å². The fraction of sp³-hybridized carbons (Fsp3) is 0.0833. The van der Waals surface area contributed by atoms with Crippen LogP contribution in [-0.2, 0) is 5.41 Å². The molecule has 53 heavy (non-hydrogen) atoms. The summed E-state index contributed by atoms with van der Waals surface area (Å²) in [5.74, 6) is 2.61. The van der Waals surface area contributed by atoms with Gasteiger partial charge in [0.25, 0.3) is 6.71 Å². The van der Waals surface area contributed by atoms with Gasteiger partial charge in [-0.15, -0.1) is 0 Å². The summed E-state index contributed by atoms with van der Waals surface area (Å²) in [5.41, 5.74) is 16.3. The van der Waals surface area contributed by atoms with Crippen molar-refractivity contribution in [2.45, 2.75) is 26.2 Å². The highest BCUT2D eigenvalue weighted by Gasteiger charge is 2.46. The Morgan fingerprint density at radius 1 is 0.509 bits per heavy atom. The molecule has 8 aromatic rings. The van der Waals surface area contributed by atoms with Crippen LogP contribution in [0.4, 0.5) is 34.1 Å².